The highest BCUT2D eigenvalue weighted by molar-refractivity contribution is 6.22. The van der Waals surface area contributed by atoms with Crippen LogP contribution in [-0.4, -0.2) is 46.8 Å². The number of hydrogen-bond acceptors (Lipinski definition) is 5. The highest BCUT2D eigenvalue weighted by Gasteiger charge is 2.41. The first-order chi connectivity index (χ1) is 12.9. The predicted octanol–water partition coefficient (Wildman–Crippen LogP) is 2.05. The molecule has 2 atom stereocenters. The molecule has 144 valence electrons. The normalized spacial score (nSPS) is 19.4. The van der Waals surface area contributed by atoms with Crippen molar-refractivity contribution >= 4 is 23.7 Å². The van der Waals surface area contributed by atoms with Gasteiger partial charge in [0.25, 0.3) is 17.7 Å². The van der Waals surface area contributed by atoms with Gasteiger partial charge in [-0.05, 0) is 38.8 Å². The molecule has 2 unspecified atom stereocenters. The maximum atomic E-state index is 12.5. The van der Waals surface area contributed by atoms with Gasteiger partial charge < -0.3 is 10.1 Å². The molecule has 0 spiro atoms. The van der Waals surface area contributed by atoms with E-state index in [1.165, 1.54) is 20.3 Å². The number of fused-ring (bicyclic) bond motifs is 1. The lowest BCUT2D eigenvalue weighted by atomic mass is 9.95. The number of carbonyl (C=O) groups is 4. The Morgan fingerprint density at radius 3 is 2.15 bits per heavy atom. The fourth-order valence-electron chi connectivity index (χ4n) is 3.56. The van der Waals surface area contributed by atoms with Crippen molar-refractivity contribution in [3.05, 3.63) is 35.4 Å². The number of esters is 1. The van der Waals surface area contributed by atoms with E-state index in [1.807, 2.05) is 0 Å². The van der Waals surface area contributed by atoms with Gasteiger partial charge in [-0.15, -0.1) is 0 Å². The molecule has 1 aliphatic heterocycles. The van der Waals surface area contributed by atoms with E-state index in [0.717, 1.165) is 30.6 Å². The smallest absolute Gasteiger partial charge is 0.329 e. The molecular weight excluding hydrogens is 348 g/mol. The molecule has 1 aliphatic carbocycles. The molecule has 1 N–H and O–H groups in total. The fourth-order valence-corrected chi connectivity index (χ4v) is 3.56. The van der Waals surface area contributed by atoms with Gasteiger partial charge in [-0.3, -0.25) is 19.3 Å². The quantitative estimate of drug-likeness (QED) is 0.631. The summed E-state index contributed by atoms with van der Waals surface area (Å²) in [6.45, 7) is 2.92. The molecule has 3 amide bonds. The van der Waals surface area contributed by atoms with Crippen molar-refractivity contribution in [2.75, 3.05) is 0 Å². The first-order valence-corrected chi connectivity index (χ1v) is 9.38. The van der Waals surface area contributed by atoms with Crippen LogP contribution in [0.1, 0.15) is 66.7 Å². The number of hydrogen-bond donors (Lipinski definition) is 1. The third-order valence-corrected chi connectivity index (χ3v) is 5.17. The van der Waals surface area contributed by atoms with Crippen molar-refractivity contribution in [1.29, 1.82) is 0 Å². The average Bonchev–Trinajstić information content (AvgIpc) is 2.93. The van der Waals surface area contributed by atoms with Gasteiger partial charge in [-0.25, -0.2) is 4.79 Å². The first-order valence-electron chi connectivity index (χ1n) is 9.38. The fraction of sp³-hybridized carbons (Fsp3) is 0.500. The number of ether oxygens (including phenoxy) is 1. The monoisotopic (exact) mass is 372 g/mol. The number of rotatable bonds is 5. The van der Waals surface area contributed by atoms with Gasteiger partial charge in [0.15, 0.2) is 6.10 Å². The van der Waals surface area contributed by atoms with E-state index in [1.54, 1.807) is 24.3 Å². The summed E-state index contributed by atoms with van der Waals surface area (Å²) in [6, 6.07) is 5.42. The van der Waals surface area contributed by atoms with Crippen molar-refractivity contribution in [2.24, 2.45) is 0 Å². The zero-order valence-corrected chi connectivity index (χ0v) is 15.6. The molecule has 0 saturated heterocycles. The summed E-state index contributed by atoms with van der Waals surface area (Å²) in [4.78, 5) is 50.5. The van der Waals surface area contributed by atoms with Crippen molar-refractivity contribution in [1.82, 2.24) is 10.2 Å². The standard InChI is InChI=1S/C20H24N2O5/c1-12(22-18(24)15-10-6-7-11-16(15)19(22)25)20(26)27-13(2)17(23)21-14-8-4-3-5-9-14/h6-7,10-14H,3-5,8-9H2,1-2H3,(H,21,23). The summed E-state index contributed by atoms with van der Waals surface area (Å²) in [7, 11) is 0. The van der Waals surface area contributed by atoms with Crippen LogP contribution in [0.4, 0.5) is 0 Å². The third-order valence-electron chi connectivity index (χ3n) is 5.17. The molecule has 27 heavy (non-hydrogen) atoms. The van der Waals surface area contributed by atoms with Crippen molar-refractivity contribution in [3.63, 3.8) is 0 Å². The van der Waals surface area contributed by atoms with Crippen LogP contribution in [0.25, 0.3) is 0 Å². The maximum absolute atomic E-state index is 12.5. The van der Waals surface area contributed by atoms with Crippen LogP contribution < -0.4 is 5.32 Å². The van der Waals surface area contributed by atoms with E-state index >= 15 is 0 Å². The van der Waals surface area contributed by atoms with Crippen molar-refractivity contribution in [3.8, 4) is 0 Å². The second-order valence-corrected chi connectivity index (χ2v) is 7.12. The van der Waals surface area contributed by atoms with E-state index < -0.39 is 29.9 Å². The molecular formula is C20H24N2O5. The molecule has 7 heteroatoms. The van der Waals surface area contributed by atoms with Gasteiger partial charge in [-0.1, -0.05) is 31.4 Å². The van der Waals surface area contributed by atoms with E-state index in [4.69, 9.17) is 4.74 Å². The number of imide groups is 1. The summed E-state index contributed by atoms with van der Waals surface area (Å²) in [5.74, 6) is -2.20. The average molecular weight is 372 g/mol. The molecule has 1 saturated carbocycles. The van der Waals surface area contributed by atoms with Crippen LogP contribution in [-0.2, 0) is 14.3 Å². The van der Waals surface area contributed by atoms with E-state index in [9.17, 15) is 19.2 Å². The summed E-state index contributed by atoms with van der Waals surface area (Å²) < 4.78 is 5.23. The van der Waals surface area contributed by atoms with E-state index in [2.05, 4.69) is 5.32 Å². The molecule has 0 aromatic heterocycles. The minimum absolute atomic E-state index is 0.112. The highest BCUT2D eigenvalue weighted by atomic mass is 16.5. The SMILES string of the molecule is CC(OC(=O)C(C)N1C(=O)c2ccccc2C1=O)C(=O)NC1CCCCC1. The third kappa shape index (κ3) is 3.86. The minimum Gasteiger partial charge on any atom is -0.451 e. The van der Waals surface area contributed by atoms with E-state index in [0.29, 0.717) is 0 Å². The maximum Gasteiger partial charge on any atom is 0.329 e. The lowest BCUT2D eigenvalue weighted by Crippen LogP contribution is -2.47. The van der Waals surface area contributed by atoms with Crippen LogP contribution in [0.5, 0.6) is 0 Å². The van der Waals surface area contributed by atoms with Gasteiger partial charge in [0.1, 0.15) is 6.04 Å². The molecule has 1 heterocycles. The lowest BCUT2D eigenvalue weighted by Gasteiger charge is -2.26. The summed E-state index contributed by atoms with van der Waals surface area (Å²) >= 11 is 0. The largest absolute Gasteiger partial charge is 0.451 e. The number of nitrogens with one attached hydrogen (secondary N) is 1. The zero-order valence-electron chi connectivity index (χ0n) is 15.6. The number of benzene rings is 1. The molecule has 1 aromatic rings. The highest BCUT2D eigenvalue weighted by Crippen LogP contribution is 2.25. The van der Waals surface area contributed by atoms with Gasteiger partial charge in [-0.2, -0.15) is 0 Å². The first kappa shape index (κ1) is 19.1. The number of carbonyl (C=O) groups excluding carboxylic acids is 4. The van der Waals surface area contributed by atoms with Crippen LogP contribution in [0.2, 0.25) is 0 Å². The van der Waals surface area contributed by atoms with Crippen LogP contribution >= 0.6 is 0 Å². The molecule has 0 bridgehead atoms. The molecule has 1 aromatic carbocycles. The van der Waals surface area contributed by atoms with Gasteiger partial charge in [0.05, 0.1) is 11.1 Å². The van der Waals surface area contributed by atoms with Crippen molar-refractivity contribution in [2.45, 2.75) is 64.1 Å². The molecule has 3 rings (SSSR count). The number of amides is 3. The Kier molecular flexibility index (Phi) is 5.58. The second kappa shape index (κ2) is 7.90. The Labute approximate surface area is 158 Å². The molecule has 0 radical (unpaired) electrons. The molecule has 7 nitrogen and oxygen atoms in total. The Hall–Kier alpha value is -2.70. The number of nitrogens with zero attached hydrogens (tertiary/aromatic N) is 1. The molecule has 1 fully saturated rings. The van der Waals surface area contributed by atoms with Crippen LogP contribution in [0.15, 0.2) is 24.3 Å². The minimum atomic E-state index is -1.11. The summed E-state index contributed by atoms with van der Waals surface area (Å²) in [5, 5.41) is 2.90. The summed E-state index contributed by atoms with van der Waals surface area (Å²) in [5.41, 5.74) is 0.537. The second-order valence-electron chi connectivity index (χ2n) is 7.12. The molecule has 2 aliphatic rings. The van der Waals surface area contributed by atoms with Crippen LogP contribution in [0.3, 0.4) is 0 Å². The summed E-state index contributed by atoms with van der Waals surface area (Å²) in [6.07, 6.45) is 4.20. The Balaban J connectivity index is 1.60. The van der Waals surface area contributed by atoms with Gasteiger partial charge in [0, 0.05) is 6.04 Å². The zero-order chi connectivity index (χ0) is 19.6. The lowest BCUT2D eigenvalue weighted by molar-refractivity contribution is -0.158. The van der Waals surface area contributed by atoms with Gasteiger partial charge >= 0.3 is 5.97 Å². The van der Waals surface area contributed by atoms with E-state index in [-0.39, 0.29) is 23.1 Å². The van der Waals surface area contributed by atoms with Crippen molar-refractivity contribution < 1.29 is 23.9 Å². The Bertz CT molecular complexity index is 734. The predicted molar refractivity (Wildman–Crippen MR) is 97.0 cm³/mol. The topological polar surface area (TPSA) is 92.8 Å². The Morgan fingerprint density at radius 2 is 1.59 bits per heavy atom. The van der Waals surface area contributed by atoms with Crippen LogP contribution in [0, 0.1) is 0 Å². The Morgan fingerprint density at radius 1 is 1.04 bits per heavy atom. The van der Waals surface area contributed by atoms with Gasteiger partial charge in [0.2, 0.25) is 0 Å².